The highest BCUT2D eigenvalue weighted by Gasteiger charge is 2.33. The lowest BCUT2D eigenvalue weighted by Gasteiger charge is -2.06. The first-order valence-corrected chi connectivity index (χ1v) is 5.62. The molecule has 1 fully saturated rings. The van der Waals surface area contributed by atoms with Crippen LogP contribution in [-0.2, 0) is 0 Å². The molecule has 0 bridgehead atoms. The van der Waals surface area contributed by atoms with Crippen LogP contribution < -0.4 is 11.1 Å². The maximum atomic E-state index is 10.5. The molecule has 0 amide bonds. The molecule has 1 aliphatic rings. The smallest absolute Gasteiger partial charge is 0.270 e. The zero-order chi connectivity index (χ0) is 11.0. The Morgan fingerprint density at radius 1 is 1.60 bits per heavy atom. The lowest BCUT2D eigenvalue weighted by Crippen LogP contribution is -2.13. The van der Waals surface area contributed by atoms with Gasteiger partial charge in [0, 0.05) is 33.5 Å². The summed E-state index contributed by atoms with van der Waals surface area (Å²) in [4.78, 5) is 10.1. The normalized spacial score (nSPS) is 23.6. The standard InChI is InChI=1S/C9H10IN3O2/c10-6-3-5(13(14)15)1-2-8(6)12-9-4-7(9)11/h1-3,7,9,12H,4,11H2. The van der Waals surface area contributed by atoms with Crippen LogP contribution in [0.3, 0.4) is 0 Å². The van der Waals surface area contributed by atoms with Gasteiger partial charge in [0.1, 0.15) is 0 Å². The fourth-order valence-corrected chi connectivity index (χ4v) is 1.97. The molecule has 1 aliphatic carbocycles. The van der Waals surface area contributed by atoms with E-state index in [2.05, 4.69) is 27.9 Å². The van der Waals surface area contributed by atoms with Gasteiger partial charge in [0.2, 0.25) is 0 Å². The van der Waals surface area contributed by atoms with Gasteiger partial charge in [0.15, 0.2) is 0 Å². The molecule has 0 spiro atoms. The van der Waals surface area contributed by atoms with E-state index in [0.29, 0.717) is 6.04 Å². The number of nitro benzene ring substituents is 1. The van der Waals surface area contributed by atoms with Crippen molar-refractivity contribution in [1.29, 1.82) is 0 Å². The van der Waals surface area contributed by atoms with Gasteiger partial charge in [-0.1, -0.05) is 0 Å². The van der Waals surface area contributed by atoms with Crippen molar-refractivity contribution in [3.8, 4) is 0 Å². The average Bonchev–Trinajstić information content (AvgIpc) is 2.85. The number of halogens is 1. The fraction of sp³-hybridized carbons (Fsp3) is 0.333. The van der Waals surface area contributed by atoms with E-state index in [1.165, 1.54) is 6.07 Å². The van der Waals surface area contributed by atoms with Crippen molar-refractivity contribution in [3.05, 3.63) is 31.9 Å². The van der Waals surface area contributed by atoms with Crippen LogP contribution in [0.15, 0.2) is 18.2 Å². The van der Waals surface area contributed by atoms with Gasteiger partial charge in [0.25, 0.3) is 5.69 Å². The Morgan fingerprint density at radius 2 is 2.27 bits per heavy atom. The summed E-state index contributed by atoms with van der Waals surface area (Å²) in [6, 6.07) is 5.32. The molecule has 0 radical (unpaired) electrons. The molecule has 0 saturated heterocycles. The lowest BCUT2D eigenvalue weighted by atomic mass is 10.3. The van der Waals surface area contributed by atoms with Crippen LogP contribution in [-0.4, -0.2) is 17.0 Å². The Kier molecular flexibility index (Phi) is 2.79. The number of anilines is 1. The first-order chi connectivity index (χ1) is 7.08. The maximum absolute atomic E-state index is 10.5. The van der Waals surface area contributed by atoms with Gasteiger partial charge in [-0.3, -0.25) is 10.1 Å². The third kappa shape index (κ3) is 2.37. The second kappa shape index (κ2) is 3.93. The zero-order valence-corrected chi connectivity index (χ0v) is 9.97. The van der Waals surface area contributed by atoms with E-state index in [0.717, 1.165) is 15.7 Å². The van der Waals surface area contributed by atoms with Gasteiger partial charge < -0.3 is 11.1 Å². The van der Waals surface area contributed by atoms with Crippen LogP contribution in [0.2, 0.25) is 0 Å². The van der Waals surface area contributed by atoms with Gasteiger partial charge in [0.05, 0.1) is 4.92 Å². The molecule has 0 aliphatic heterocycles. The average molecular weight is 319 g/mol. The second-order valence-corrected chi connectivity index (χ2v) is 4.73. The molecule has 2 rings (SSSR count). The number of nitrogens with zero attached hydrogens (tertiary/aromatic N) is 1. The van der Waals surface area contributed by atoms with E-state index in [1.807, 2.05) is 0 Å². The van der Waals surface area contributed by atoms with E-state index >= 15 is 0 Å². The van der Waals surface area contributed by atoms with E-state index in [-0.39, 0.29) is 11.7 Å². The van der Waals surface area contributed by atoms with E-state index < -0.39 is 4.92 Å². The lowest BCUT2D eigenvalue weighted by molar-refractivity contribution is -0.384. The molecule has 1 aromatic rings. The summed E-state index contributed by atoms with van der Waals surface area (Å²) in [6.45, 7) is 0. The first kappa shape index (κ1) is 10.6. The van der Waals surface area contributed by atoms with Crippen LogP contribution >= 0.6 is 22.6 Å². The van der Waals surface area contributed by atoms with Crippen molar-refractivity contribution < 1.29 is 4.92 Å². The largest absolute Gasteiger partial charge is 0.380 e. The molecule has 0 heterocycles. The Bertz CT molecular complexity index is 410. The van der Waals surface area contributed by atoms with Crippen molar-refractivity contribution in [1.82, 2.24) is 0 Å². The summed E-state index contributed by atoms with van der Waals surface area (Å²) in [5.41, 5.74) is 6.70. The Hall–Kier alpha value is -0.890. The number of rotatable bonds is 3. The van der Waals surface area contributed by atoms with Gasteiger partial charge in [-0.05, 0) is 35.1 Å². The quantitative estimate of drug-likeness (QED) is 0.505. The van der Waals surface area contributed by atoms with Crippen LogP contribution in [0, 0.1) is 13.7 Å². The molecule has 0 aromatic heterocycles. The molecule has 80 valence electrons. The number of hydrogen-bond acceptors (Lipinski definition) is 4. The first-order valence-electron chi connectivity index (χ1n) is 4.54. The zero-order valence-electron chi connectivity index (χ0n) is 7.81. The fourth-order valence-electron chi connectivity index (χ4n) is 1.31. The molecule has 3 N–H and O–H groups in total. The van der Waals surface area contributed by atoms with E-state index in [1.54, 1.807) is 12.1 Å². The third-order valence-electron chi connectivity index (χ3n) is 2.34. The molecule has 1 saturated carbocycles. The van der Waals surface area contributed by atoms with Crippen molar-refractivity contribution in [2.45, 2.75) is 18.5 Å². The van der Waals surface area contributed by atoms with Gasteiger partial charge in [-0.15, -0.1) is 0 Å². The summed E-state index contributed by atoms with van der Waals surface area (Å²) >= 11 is 2.08. The molecule has 6 heteroatoms. The van der Waals surface area contributed by atoms with E-state index in [4.69, 9.17) is 5.73 Å². The monoisotopic (exact) mass is 319 g/mol. The highest BCUT2D eigenvalue weighted by molar-refractivity contribution is 14.1. The second-order valence-electron chi connectivity index (χ2n) is 3.57. The predicted molar refractivity (Wildman–Crippen MR) is 65.8 cm³/mol. The highest BCUT2D eigenvalue weighted by atomic mass is 127. The van der Waals surface area contributed by atoms with Crippen LogP contribution in [0.1, 0.15) is 6.42 Å². The number of nitrogens with one attached hydrogen (secondary N) is 1. The minimum absolute atomic E-state index is 0.116. The predicted octanol–water partition coefficient (Wildman–Crippen LogP) is 1.71. The maximum Gasteiger partial charge on any atom is 0.270 e. The summed E-state index contributed by atoms with van der Waals surface area (Å²) < 4.78 is 0.848. The number of nitro groups is 1. The third-order valence-corrected chi connectivity index (χ3v) is 3.24. The molecule has 15 heavy (non-hydrogen) atoms. The Morgan fingerprint density at radius 3 is 2.73 bits per heavy atom. The Balaban J connectivity index is 2.15. The number of nitrogens with two attached hydrogens (primary N) is 1. The molecule has 5 nitrogen and oxygen atoms in total. The van der Waals surface area contributed by atoms with Gasteiger partial charge in [-0.2, -0.15) is 0 Å². The Labute approximate surface area is 100 Å². The van der Waals surface area contributed by atoms with Crippen molar-refractivity contribution in [2.75, 3.05) is 5.32 Å². The van der Waals surface area contributed by atoms with E-state index in [9.17, 15) is 10.1 Å². The van der Waals surface area contributed by atoms with Gasteiger partial charge in [-0.25, -0.2) is 0 Å². The summed E-state index contributed by atoms with van der Waals surface area (Å²) in [7, 11) is 0. The SMILES string of the molecule is NC1CC1Nc1ccc([N+](=O)[O-])cc1I. The number of benzene rings is 1. The minimum atomic E-state index is -0.394. The summed E-state index contributed by atoms with van der Waals surface area (Å²) in [6.07, 6.45) is 0.965. The molecular weight excluding hydrogens is 309 g/mol. The molecule has 2 unspecified atom stereocenters. The number of non-ortho nitro benzene ring substituents is 1. The minimum Gasteiger partial charge on any atom is -0.380 e. The number of hydrogen-bond donors (Lipinski definition) is 2. The van der Waals surface area contributed by atoms with Crippen LogP contribution in [0.5, 0.6) is 0 Å². The summed E-state index contributed by atoms with van der Waals surface area (Å²) in [5, 5.41) is 13.8. The van der Waals surface area contributed by atoms with Gasteiger partial charge >= 0.3 is 0 Å². The van der Waals surface area contributed by atoms with Crippen molar-refractivity contribution >= 4 is 34.0 Å². The topological polar surface area (TPSA) is 81.2 Å². The van der Waals surface area contributed by atoms with Crippen molar-refractivity contribution in [2.24, 2.45) is 5.73 Å². The molecular formula is C9H10IN3O2. The van der Waals surface area contributed by atoms with Crippen LogP contribution in [0.25, 0.3) is 0 Å². The van der Waals surface area contributed by atoms with Crippen LogP contribution in [0.4, 0.5) is 11.4 Å². The summed E-state index contributed by atoms with van der Waals surface area (Å²) in [5.74, 6) is 0. The molecule has 2 atom stereocenters. The molecule has 1 aromatic carbocycles. The highest BCUT2D eigenvalue weighted by Crippen LogP contribution is 2.29. The van der Waals surface area contributed by atoms with Crippen molar-refractivity contribution in [3.63, 3.8) is 0 Å².